The third-order valence-corrected chi connectivity index (χ3v) is 4.77. The summed E-state index contributed by atoms with van der Waals surface area (Å²) in [4.78, 5) is 0. The van der Waals surface area contributed by atoms with Crippen LogP contribution in [-0.4, -0.2) is 5.11 Å². The van der Waals surface area contributed by atoms with E-state index in [1.807, 2.05) is 12.2 Å². The quantitative estimate of drug-likeness (QED) is 0.809. The lowest BCUT2D eigenvalue weighted by Gasteiger charge is -2.20. The first-order chi connectivity index (χ1) is 11.2. The first-order valence-electron chi connectivity index (χ1n) is 8.38. The Kier molecular flexibility index (Phi) is 4.66. The van der Waals surface area contributed by atoms with Gasteiger partial charge in [0.2, 0.25) is 0 Å². The van der Waals surface area contributed by atoms with E-state index in [1.165, 1.54) is 22.3 Å². The van der Waals surface area contributed by atoms with Crippen LogP contribution in [0, 0.1) is 0 Å². The molecule has 0 saturated heterocycles. The zero-order valence-corrected chi connectivity index (χ0v) is 13.6. The Morgan fingerprint density at radius 1 is 0.870 bits per heavy atom. The van der Waals surface area contributed by atoms with E-state index in [-0.39, 0.29) is 0 Å². The van der Waals surface area contributed by atoms with Gasteiger partial charge in [-0.15, -0.1) is 13.2 Å². The van der Waals surface area contributed by atoms with Crippen molar-refractivity contribution in [3.63, 3.8) is 0 Å². The molecule has 118 valence electrons. The Bertz CT molecular complexity index is 723. The summed E-state index contributed by atoms with van der Waals surface area (Å²) in [5, 5.41) is 10.8. The van der Waals surface area contributed by atoms with Crippen molar-refractivity contribution >= 4 is 0 Å². The fourth-order valence-corrected chi connectivity index (χ4v) is 3.52. The number of hydrogen-bond donors (Lipinski definition) is 1. The Labute approximate surface area is 139 Å². The summed E-state index contributed by atoms with van der Waals surface area (Å²) in [5.41, 5.74) is 7.37. The van der Waals surface area contributed by atoms with Crippen LogP contribution in [-0.2, 0) is 38.5 Å². The van der Waals surface area contributed by atoms with Gasteiger partial charge < -0.3 is 5.11 Å². The molecule has 0 spiro atoms. The molecule has 2 aromatic rings. The number of aryl methyl sites for hydroxylation is 3. The van der Waals surface area contributed by atoms with Gasteiger partial charge in [-0.2, -0.15) is 0 Å². The minimum atomic E-state index is 0.475. The lowest BCUT2D eigenvalue weighted by molar-refractivity contribution is 0.460. The van der Waals surface area contributed by atoms with Gasteiger partial charge in [0, 0.05) is 5.56 Å². The lowest BCUT2D eigenvalue weighted by atomic mass is 9.86. The van der Waals surface area contributed by atoms with E-state index >= 15 is 0 Å². The monoisotopic (exact) mass is 304 g/mol. The minimum absolute atomic E-state index is 0.475. The van der Waals surface area contributed by atoms with Crippen LogP contribution in [0.25, 0.3) is 0 Å². The number of benzene rings is 2. The van der Waals surface area contributed by atoms with Crippen molar-refractivity contribution < 1.29 is 5.11 Å². The smallest absolute Gasteiger partial charge is 0.122 e. The van der Waals surface area contributed by atoms with Crippen molar-refractivity contribution in [2.75, 3.05) is 0 Å². The standard InChI is InChI=1S/C22H24O/c1-3-5-18-15-19-13-11-16-7-9-17(10-8-16)12-14-20(18)21(6-4-2)22(19)23/h3-4,7-10,15,23H,1-2,5-6,11-14H2. The second kappa shape index (κ2) is 6.87. The Morgan fingerprint density at radius 3 is 2.09 bits per heavy atom. The van der Waals surface area contributed by atoms with E-state index in [2.05, 4.69) is 43.5 Å². The van der Waals surface area contributed by atoms with Gasteiger partial charge in [-0.3, -0.25) is 0 Å². The van der Waals surface area contributed by atoms with Crippen molar-refractivity contribution in [1.29, 1.82) is 0 Å². The van der Waals surface area contributed by atoms with Gasteiger partial charge in [0.05, 0.1) is 0 Å². The van der Waals surface area contributed by atoms with Crippen molar-refractivity contribution in [3.8, 4) is 5.75 Å². The predicted octanol–water partition coefficient (Wildman–Crippen LogP) is 4.73. The SMILES string of the molecule is C=CCc1cc2c(O)c(CC=C)c1CCc1ccc(cc1)CC2. The molecule has 0 unspecified atom stereocenters. The average Bonchev–Trinajstić information content (AvgIpc) is 2.55. The summed E-state index contributed by atoms with van der Waals surface area (Å²) in [5.74, 6) is 0.475. The van der Waals surface area contributed by atoms with E-state index in [1.54, 1.807) is 0 Å². The molecule has 0 fully saturated rings. The van der Waals surface area contributed by atoms with Crippen molar-refractivity contribution in [2.24, 2.45) is 0 Å². The summed E-state index contributed by atoms with van der Waals surface area (Å²) in [7, 11) is 0. The average molecular weight is 304 g/mol. The maximum absolute atomic E-state index is 10.8. The molecule has 1 heteroatoms. The first-order valence-corrected chi connectivity index (χ1v) is 8.38. The highest BCUT2D eigenvalue weighted by molar-refractivity contribution is 5.52. The van der Waals surface area contributed by atoms with Gasteiger partial charge in [-0.1, -0.05) is 42.5 Å². The maximum Gasteiger partial charge on any atom is 0.122 e. The van der Waals surface area contributed by atoms with Crippen LogP contribution in [0.4, 0.5) is 0 Å². The molecule has 0 heterocycles. The molecule has 0 amide bonds. The Balaban J connectivity index is 2.14. The van der Waals surface area contributed by atoms with E-state index < -0.39 is 0 Å². The summed E-state index contributed by atoms with van der Waals surface area (Å²) >= 11 is 0. The summed E-state index contributed by atoms with van der Waals surface area (Å²) in [6.45, 7) is 7.77. The predicted molar refractivity (Wildman–Crippen MR) is 97.2 cm³/mol. The molecule has 1 nitrogen and oxygen atoms in total. The highest BCUT2D eigenvalue weighted by atomic mass is 16.3. The molecule has 1 N–H and O–H groups in total. The summed E-state index contributed by atoms with van der Waals surface area (Å²) in [6, 6.07) is 11.1. The van der Waals surface area contributed by atoms with Gasteiger partial charge in [-0.05, 0) is 66.3 Å². The molecule has 4 aliphatic rings. The van der Waals surface area contributed by atoms with Gasteiger partial charge in [0.15, 0.2) is 0 Å². The van der Waals surface area contributed by atoms with Gasteiger partial charge in [0.1, 0.15) is 5.75 Å². The van der Waals surface area contributed by atoms with Gasteiger partial charge >= 0.3 is 0 Å². The molecule has 6 rings (SSSR count). The van der Waals surface area contributed by atoms with Crippen LogP contribution in [0.1, 0.15) is 33.4 Å². The molecule has 0 radical (unpaired) electrons. The fraction of sp³-hybridized carbons (Fsp3) is 0.273. The second-order valence-electron chi connectivity index (χ2n) is 6.30. The highest BCUT2D eigenvalue weighted by Crippen LogP contribution is 2.33. The zero-order chi connectivity index (χ0) is 16.2. The number of aromatic hydroxyl groups is 1. The Hall–Kier alpha value is -2.28. The van der Waals surface area contributed by atoms with E-state index in [4.69, 9.17) is 0 Å². The minimum Gasteiger partial charge on any atom is -0.507 e. The lowest BCUT2D eigenvalue weighted by Crippen LogP contribution is -2.07. The first kappa shape index (κ1) is 15.6. The molecule has 2 aromatic carbocycles. The van der Waals surface area contributed by atoms with Crippen LogP contribution in [0.5, 0.6) is 5.75 Å². The number of allylic oxidation sites excluding steroid dienone is 2. The fourth-order valence-electron chi connectivity index (χ4n) is 3.52. The van der Waals surface area contributed by atoms with E-state index in [0.29, 0.717) is 5.75 Å². The van der Waals surface area contributed by atoms with Crippen LogP contribution in [0.3, 0.4) is 0 Å². The molecule has 4 aliphatic carbocycles. The number of phenols is 1. The summed E-state index contributed by atoms with van der Waals surface area (Å²) in [6.07, 6.45) is 9.17. The van der Waals surface area contributed by atoms with Crippen LogP contribution in [0.15, 0.2) is 55.6 Å². The maximum atomic E-state index is 10.8. The van der Waals surface area contributed by atoms with Crippen LogP contribution in [0.2, 0.25) is 0 Å². The Morgan fingerprint density at radius 2 is 1.48 bits per heavy atom. The van der Waals surface area contributed by atoms with Gasteiger partial charge in [0.25, 0.3) is 0 Å². The highest BCUT2D eigenvalue weighted by Gasteiger charge is 2.17. The molecular weight excluding hydrogens is 280 g/mol. The molecular formula is C22H24O. The van der Waals surface area contributed by atoms with Crippen molar-refractivity contribution in [1.82, 2.24) is 0 Å². The third-order valence-electron chi connectivity index (χ3n) is 4.77. The topological polar surface area (TPSA) is 20.2 Å². The molecule has 0 saturated carbocycles. The largest absolute Gasteiger partial charge is 0.507 e. The second-order valence-corrected chi connectivity index (χ2v) is 6.30. The third kappa shape index (κ3) is 3.24. The molecule has 0 aromatic heterocycles. The molecule has 23 heavy (non-hydrogen) atoms. The normalized spacial score (nSPS) is 13.4. The zero-order valence-electron chi connectivity index (χ0n) is 13.6. The molecule has 0 atom stereocenters. The number of hydrogen-bond acceptors (Lipinski definition) is 1. The molecule has 0 aliphatic heterocycles. The van der Waals surface area contributed by atoms with E-state index in [9.17, 15) is 5.11 Å². The summed E-state index contributed by atoms with van der Waals surface area (Å²) < 4.78 is 0. The van der Waals surface area contributed by atoms with E-state index in [0.717, 1.165) is 49.7 Å². The molecule has 4 bridgehead atoms. The van der Waals surface area contributed by atoms with Crippen molar-refractivity contribution in [3.05, 3.63) is 89.0 Å². The van der Waals surface area contributed by atoms with Crippen molar-refractivity contribution in [2.45, 2.75) is 38.5 Å². The number of rotatable bonds is 4. The number of phenolic OH excluding ortho intramolecular Hbond substituents is 1. The van der Waals surface area contributed by atoms with Crippen LogP contribution >= 0.6 is 0 Å². The van der Waals surface area contributed by atoms with Crippen LogP contribution < -0.4 is 0 Å². The van der Waals surface area contributed by atoms with Gasteiger partial charge in [-0.25, -0.2) is 0 Å².